The number of aromatic nitrogens is 2. The van der Waals surface area contributed by atoms with E-state index in [-0.39, 0.29) is 10.7 Å². The van der Waals surface area contributed by atoms with Gasteiger partial charge < -0.3 is 5.32 Å². The van der Waals surface area contributed by atoms with Crippen LogP contribution in [0.15, 0.2) is 53.8 Å². The summed E-state index contributed by atoms with van der Waals surface area (Å²) in [5.41, 5.74) is 2.80. The van der Waals surface area contributed by atoms with Crippen molar-refractivity contribution in [1.82, 2.24) is 9.97 Å². The van der Waals surface area contributed by atoms with Crippen LogP contribution in [0, 0.1) is 6.92 Å². The highest BCUT2D eigenvalue weighted by molar-refractivity contribution is 7.98. The van der Waals surface area contributed by atoms with E-state index >= 15 is 0 Å². The highest BCUT2D eigenvalue weighted by Crippen LogP contribution is 2.27. The Hall–Kier alpha value is -1.79. The number of carbonyl (C=O) groups is 1. The highest BCUT2D eigenvalue weighted by Gasteiger charge is 2.16. The van der Waals surface area contributed by atoms with E-state index in [1.165, 1.54) is 23.5 Å². The third-order valence-electron chi connectivity index (χ3n) is 3.56. The Morgan fingerprint density at radius 1 is 1.11 bits per heavy atom. The van der Waals surface area contributed by atoms with Crippen LogP contribution in [0.4, 0.5) is 5.69 Å². The molecule has 3 rings (SSSR count). The van der Waals surface area contributed by atoms with Crippen LogP contribution in [-0.4, -0.2) is 15.9 Å². The summed E-state index contributed by atoms with van der Waals surface area (Å²) in [5, 5.41) is 4.12. The molecule has 3 aromatic rings. The van der Waals surface area contributed by atoms with Gasteiger partial charge >= 0.3 is 0 Å². The Bertz CT molecular complexity index is 998. The average molecular weight is 439 g/mol. The van der Waals surface area contributed by atoms with E-state index < -0.39 is 5.91 Å². The third kappa shape index (κ3) is 5.36. The summed E-state index contributed by atoms with van der Waals surface area (Å²) >= 11 is 19.6. The summed E-state index contributed by atoms with van der Waals surface area (Å²) in [6.07, 6.45) is 1.42. The maximum absolute atomic E-state index is 12.6. The van der Waals surface area contributed by atoms with E-state index in [4.69, 9.17) is 34.8 Å². The second-order valence-corrected chi connectivity index (χ2v) is 7.90. The van der Waals surface area contributed by atoms with Crippen LogP contribution >= 0.6 is 46.6 Å². The van der Waals surface area contributed by atoms with Crippen molar-refractivity contribution in [3.8, 4) is 0 Å². The molecule has 0 spiro atoms. The quantitative estimate of drug-likeness (QED) is 0.376. The molecule has 8 heteroatoms. The van der Waals surface area contributed by atoms with E-state index in [1.807, 2.05) is 25.1 Å². The predicted octanol–water partition coefficient (Wildman–Crippen LogP) is 6.29. The van der Waals surface area contributed by atoms with Crippen molar-refractivity contribution in [3.05, 3.63) is 80.6 Å². The molecule has 0 atom stereocenters. The number of halogens is 3. The first-order valence-electron chi connectivity index (χ1n) is 7.89. The molecule has 0 radical (unpaired) electrons. The fourth-order valence-electron chi connectivity index (χ4n) is 2.30. The van der Waals surface area contributed by atoms with Gasteiger partial charge in [-0.25, -0.2) is 9.97 Å². The van der Waals surface area contributed by atoms with Crippen molar-refractivity contribution >= 4 is 58.2 Å². The van der Waals surface area contributed by atoms with Crippen molar-refractivity contribution in [2.24, 2.45) is 0 Å². The average Bonchev–Trinajstić information content (AvgIpc) is 2.64. The summed E-state index contributed by atoms with van der Waals surface area (Å²) in [6.45, 7) is 2.04. The van der Waals surface area contributed by atoms with Crippen LogP contribution in [0.2, 0.25) is 15.1 Å². The van der Waals surface area contributed by atoms with Crippen molar-refractivity contribution in [2.45, 2.75) is 17.8 Å². The smallest absolute Gasteiger partial charge is 0.276 e. The van der Waals surface area contributed by atoms with Crippen molar-refractivity contribution < 1.29 is 4.79 Å². The molecule has 1 aromatic heterocycles. The van der Waals surface area contributed by atoms with Crippen LogP contribution in [0.1, 0.15) is 21.6 Å². The van der Waals surface area contributed by atoms with Gasteiger partial charge in [-0.3, -0.25) is 4.79 Å². The molecule has 1 heterocycles. The lowest BCUT2D eigenvalue weighted by Crippen LogP contribution is -2.15. The molecule has 0 aliphatic carbocycles. The normalized spacial score (nSPS) is 10.7. The molecule has 138 valence electrons. The monoisotopic (exact) mass is 437 g/mol. The Labute approximate surface area is 176 Å². The fraction of sp³-hybridized carbons (Fsp3) is 0.105. The van der Waals surface area contributed by atoms with Gasteiger partial charge in [0, 0.05) is 10.8 Å². The molecule has 27 heavy (non-hydrogen) atoms. The molecule has 0 saturated carbocycles. The number of nitrogens with zero attached hydrogens (tertiary/aromatic N) is 2. The van der Waals surface area contributed by atoms with Crippen molar-refractivity contribution in [3.63, 3.8) is 0 Å². The molecule has 0 saturated heterocycles. The van der Waals surface area contributed by atoms with Crippen LogP contribution in [0.3, 0.4) is 0 Å². The topological polar surface area (TPSA) is 54.9 Å². The summed E-state index contributed by atoms with van der Waals surface area (Å²) < 4.78 is 0. The Balaban J connectivity index is 1.76. The second-order valence-electron chi connectivity index (χ2n) is 5.71. The third-order valence-corrected chi connectivity index (χ3v) is 5.34. The zero-order chi connectivity index (χ0) is 19.4. The van der Waals surface area contributed by atoms with Crippen LogP contribution in [0.25, 0.3) is 0 Å². The van der Waals surface area contributed by atoms with Gasteiger partial charge in [0.2, 0.25) is 0 Å². The molecule has 0 aliphatic rings. The number of rotatable bonds is 5. The molecule has 1 N–H and O–H groups in total. The Morgan fingerprint density at radius 3 is 2.70 bits per heavy atom. The largest absolute Gasteiger partial charge is 0.319 e. The Morgan fingerprint density at radius 2 is 1.93 bits per heavy atom. The van der Waals surface area contributed by atoms with Crippen LogP contribution in [-0.2, 0) is 5.75 Å². The molecule has 0 fully saturated rings. The van der Waals surface area contributed by atoms with Gasteiger partial charge in [0.1, 0.15) is 0 Å². The Kier molecular flexibility index (Phi) is 6.60. The second kappa shape index (κ2) is 8.93. The van der Waals surface area contributed by atoms with Gasteiger partial charge in [-0.1, -0.05) is 76.4 Å². The summed E-state index contributed by atoms with van der Waals surface area (Å²) in [4.78, 5) is 21.1. The summed E-state index contributed by atoms with van der Waals surface area (Å²) in [6, 6.07) is 13.0. The summed E-state index contributed by atoms with van der Waals surface area (Å²) in [5.74, 6) is 0.203. The maximum atomic E-state index is 12.6. The molecular formula is C19H14Cl3N3OS. The minimum absolute atomic E-state index is 0.0782. The minimum Gasteiger partial charge on any atom is -0.319 e. The molecule has 2 aromatic carbocycles. The number of benzene rings is 2. The van der Waals surface area contributed by atoms with E-state index in [9.17, 15) is 4.79 Å². The lowest BCUT2D eigenvalue weighted by molar-refractivity contribution is 0.102. The number of aryl methyl sites for hydroxylation is 1. The van der Waals surface area contributed by atoms with Gasteiger partial charge in [0.05, 0.1) is 21.9 Å². The number of hydrogen-bond donors (Lipinski definition) is 1. The van der Waals surface area contributed by atoms with Crippen molar-refractivity contribution in [2.75, 3.05) is 5.32 Å². The molecule has 4 nitrogen and oxygen atoms in total. The number of thioether (sulfide) groups is 1. The van der Waals surface area contributed by atoms with E-state index in [0.29, 0.717) is 26.6 Å². The first-order valence-corrected chi connectivity index (χ1v) is 10.0. The first-order chi connectivity index (χ1) is 12.9. The van der Waals surface area contributed by atoms with E-state index in [0.717, 1.165) is 5.56 Å². The maximum Gasteiger partial charge on any atom is 0.276 e. The molecular weight excluding hydrogens is 425 g/mol. The molecule has 1 amide bonds. The van der Waals surface area contributed by atoms with Gasteiger partial charge in [-0.2, -0.15) is 0 Å². The number of anilines is 1. The molecule has 0 bridgehead atoms. The zero-order valence-corrected chi connectivity index (χ0v) is 17.3. The highest BCUT2D eigenvalue weighted by atomic mass is 35.5. The van der Waals surface area contributed by atoms with E-state index in [2.05, 4.69) is 21.4 Å². The number of carbonyl (C=O) groups excluding carboxylic acids is 1. The number of amides is 1. The van der Waals surface area contributed by atoms with Crippen LogP contribution < -0.4 is 5.32 Å². The zero-order valence-electron chi connectivity index (χ0n) is 14.2. The van der Waals surface area contributed by atoms with Gasteiger partial charge in [-0.15, -0.1) is 0 Å². The summed E-state index contributed by atoms with van der Waals surface area (Å²) in [7, 11) is 0. The number of hydrogen-bond acceptors (Lipinski definition) is 4. The van der Waals surface area contributed by atoms with Gasteiger partial charge in [-0.05, 0) is 30.7 Å². The molecule has 0 unspecified atom stereocenters. The number of nitrogens with one attached hydrogen (secondary N) is 1. The standard InChI is InChI=1S/C19H14Cl3N3OS/c1-11-3-2-4-12(7-11)10-27-19-23-9-15(22)17(25-19)18(26)24-16-8-13(20)5-6-14(16)21/h2-9H,10H2,1H3,(H,24,26). The first kappa shape index (κ1) is 20.0. The van der Waals surface area contributed by atoms with Gasteiger partial charge in [0.15, 0.2) is 10.9 Å². The van der Waals surface area contributed by atoms with Crippen molar-refractivity contribution in [1.29, 1.82) is 0 Å². The van der Waals surface area contributed by atoms with Crippen LogP contribution in [0.5, 0.6) is 0 Å². The lowest BCUT2D eigenvalue weighted by atomic mass is 10.2. The minimum atomic E-state index is -0.482. The SMILES string of the molecule is Cc1cccc(CSc2ncc(Cl)c(C(=O)Nc3cc(Cl)ccc3Cl)n2)c1. The predicted molar refractivity (Wildman–Crippen MR) is 112 cm³/mol. The lowest BCUT2D eigenvalue weighted by Gasteiger charge is -2.09. The van der Waals surface area contributed by atoms with E-state index in [1.54, 1.807) is 18.2 Å². The fourth-order valence-corrected chi connectivity index (χ4v) is 3.58. The van der Waals surface area contributed by atoms with Gasteiger partial charge in [0.25, 0.3) is 5.91 Å². The molecule has 0 aliphatic heterocycles.